The number of pyridine rings is 1. The molecule has 4 nitrogen and oxygen atoms in total. The lowest BCUT2D eigenvalue weighted by atomic mass is 9.89. The fraction of sp³-hybridized carbons (Fsp3) is 0.474. The Morgan fingerprint density at radius 2 is 1.91 bits per heavy atom. The van der Waals surface area contributed by atoms with Gasteiger partial charge in [-0.25, -0.2) is 4.98 Å². The third-order valence-corrected chi connectivity index (χ3v) is 4.30. The van der Waals surface area contributed by atoms with Gasteiger partial charge in [0.15, 0.2) is 0 Å². The molecule has 23 heavy (non-hydrogen) atoms. The van der Waals surface area contributed by atoms with Gasteiger partial charge in [0.05, 0.1) is 10.9 Å². The maximum Gasteiger partial charge on any atom is 0.135 e. The number of unbranched alkanes of at least 4 members (excludes halogenated alkanes) is 1. The van der Waals surface area contributed by atoms with E-state index in [4.69, 9.17) is 5.73 Å². The van der Waals surface area contributed by atoms with Crippen molar-refractivity contribution in [3.63, 3.8) is 0 Å². The number of nitrogen functional groups attached to an aromatic ring is 1. The van der Waals surface area contributed by atoms with Gasteiger partial charge in [-0.2, -0.15) is 5.10 Å². The molecule has 0 bridgehead atoms. The fourth-order valence-electron chi connectivity index (χ4n) is 3.08. The maximum atomic E-state index is 6.05. The van der Waals surface area contributed by atoms with Gasteiger partial charge in [0, 0.05) is 18.6 Å². The Hall–Kier alpha value is -2.10. The van der Waals surface area contributed by atoms with Crippen LogP contribution < -0.4 is 5.73 Å². The highest BCUT2D eigenvalue weighted by molar-refractivity contribution is 6.07. The van der Waals surface area contributed by atoms with Gasteiger partial charge in [-0.05, 0) is 42.4 Å². The Morgan fingerprint density at radius 1 is 1.13 bits per heavy atom. The molecule has 1 aromatic carbocycles. The van der Waals surface area contributed by atoms with E-state index in [0.29, 0.717) is 11.2 Å². The summed E-state index contributed by atoms with van der Waals surface area (Å²) in [6.45, 7) is 6.91. The summed E-state index contributed by atoms with van der Waals surface area (Å²) in [4.78, 5) is 4.51. The first-order valence-electron chi connectivity index (χ1n) is 8.35. The Balaban J connectivity index is 1.86. The molecule has 0 saturated carbocycles. The van der Waals surface area contributed by atoms with Gasteiger partial charge in [0.1, 0.15) is 11.3 Å². The summed E-state index contributed by atoms with van der Waals surface area (Å²) in [6, 6.07) is 6.47. The monoisotopic (exact) mass is 310 g/mol. The van der Waals surface area contributed by atoms with Crippen molar-refractivity contribution in [2.75, 3.05) is 5.73 Å². The molecule has 0 unspecified atom stereocenters. The molecule has 4 heteroatoms. The number of aryl methyl sites for hydroxylation is 2. The summed E-state index contributed by atoms with van der Waals surface area (Å²) < 4.78 is 1.80. The maximum absolute atomic E-state index is 6.05. The zero-order valence-electron chi connectivity index (χ0n) is 14.6. The highest BCUT2D eigenvalue weighted by atomic mass is 15.2. The molecular weight excluding hydrogens is 284 g/mol. The van der Waals surface area contributed by atoms with Crippen LogP contribution in [0.3, 0.4) is 0 Å². The Bertz CT molecular complexity index is 840. The van der Waals surface area contributed by atoms with Crippen molar-refractivity contribution in [2.24, 2.45) is 12.5 Å². The van der Waals surface area contributed by atoms with Crippen LogP contribution in [-0.4, -0.2) is 14.8 Å². The zero-order valence-corrected chi connectivity index (χ0v) is 14.6. The molecule has 0 saturated heterocycles. The van der Waals surface area contributed by atoms with Gasteiger partial charge >= 0.3 is 0 Å². The second kappa shape index (κ2) is 5.84. The molecule has 0 aliphatic rings. The molecule has 3 rings (SSSR count). The number of nitrogens with zero attached hydrogens (tertiary/aromatic N) is 3. The average molecular weight is 310 g/mol. The predicted octanol–water partition coefficient (Wildman–Crippen LogP) is 4.46. The molecule has 0 amide bonds. The minimum atomic E-state index is 0.422. The SMILES string of the molecule is Cn1cc2c(N)nc3ccc(CCCCC(C)(C)C)cc3c2n1. The van der Waals surface area contributed by atoms with Gasteiger partial charge in [0.2, 0.25) is 0 Å². The van der Waals surface area contributed by atoms with Crippen LogP contribution in [0.25, 0.3) is 21.8 Å². The van der Waals surface area contributed by atoms with Crippen molar-refractivity contribution < 1.29 is 0 Å². The van der Waals surface area contributed by atoms with E-state index in [2.05, 4.69) is 49.1 Å². The first kappa shape index (κ1) is 15.8. The van der Waals surface area contributed by atoms with Crippen molar-refractivity contribution in [3.05, 3.63) is 30.0 Å². The lowest BCUT2D eigenvalue weighted by Gasteiger charge is -2.17. The van der Waals surface area contributed by atoms with Crippen LogP contribution in [0.1, 0.15) is 45.6 Å². The quantitative estimate of drug-likeness (QED) is 0.724. The van der Waals surface area contributed by atoms with Crippen LogP contribution in [0.5, 0.6) is 0 Å². The number of rotatable bonds is 4. The standard InChI is InChI=1S/C19H26N4/c1-19(2,3)10-6-5-7-13-8-9-16-14(11-13)17-15(18(20)21-16)12-23(4)22-17/h8-9,11-12H,5-7,10H2,1-4H3,(H2,20,21). The third kappa shape index (κ3) is 3.46. The molecular formula is C19H26N4. The Morgan fingerprint density at radius 3 is 2.65 bits per heavy atom. The minimum absolute atomic E-state index is 0.422. The molecule has 2 N–H and O–H groups in total. The summed E-state index contributed by atoms with van der Waals surface area (Å²) in [5, 5.41) is 6.60. The number of hydrogen-bond acceptors (Lipinski definition) is 3. The topological polar surface area (TPSA) is 56.7 Å². The van der Waals surface area contributed by atoms with Gasteiger partial charge in [-0.3, -0.25) is 4.68 Å². The molecule has 0 radical (unpaired) electrons. The first-order valence-corrected chi connectivity index (χ1v) is 8.35. The van der Waals surface area contributed by atoms with Gasteiger partial charge in [-0.15, -0.1) is 0 Å². The summed E-state index contributed by atoms with van der Waals surface area (Å²) >= 11 is 0. The summed E-state index contributed by atoms with van der Waals surface area (Å²) in [6.07, 6.45) is 6.79. The van der Waals surface area contributed by atoms with E-state index >= 15 is 0 Å². The molecule has 0 spiro atoms. The van der Waals surface area contributed by atoms with E-state index in [9.17, 15) is 0 Å². The summed E-state index contributed by atoms with van der Waals surface area (Å²) in [7, 11) is 1.92. The van der Waals surface area contributed by atoms with Crippen LogP contribution >= 0.6 is 0 Å². The normalized spacial score (nSPS) is 12.3. The van der Waals surface area contributed by atoms with Gasteiger partial charge < -0.3 is 5.73 Å². The number of benzene rings is 1. The molecule has 122 valence electrons. The molecule has 3 aromatic rings. The average Bonchev–Trinajstić information content (AvgIpc) is 2.86. The van der Waals surface area contributed by atoms with E-state index in [1.807, 2.05) is 13.2 Å². The van der Waals surface area contributed by atoms with E-state index in [0.717, 1.165) is 28.2 Å². The second-order valence-electron chi connectivity index (χ2n) is 7.68. The third-order valence-electron chi connectivity index (χ3n) is 4.30. The first-order chi connectivity index (χ1) is 10.8. The van der Waals surface area contributed by atoms with E-state index in [1.54, 1.807) is 4.68 Å². The van der Waals surface area contributed by atoms with Crippen LogP contribution in [0.2, 0.25) is 0 Å². The number of nitrogens with two attached hydrogens (primary N) is 1. The molecule has 0 aliphatic heterocycles. The van der Waals surface area contributed by atoms with Crippen LogP contribution in [0.4, 0.5) is 5.82 Å². The molecule has 2 aromatic heterocycles. The van der Waals surface area contributed by atoms with E-state index < -0.39 is 0 Å². The van der Waals surface area contributed by atoms with Crippen molar-refractivity contribution in [3.8, 4) is 0 Å². The number of anilines is 1. The fourth-order valence-corrected chi connectivity index (χ4v) is 3.08. The second-order valence-corrected chi connectivity index (χ2v) is 7.68. The molecule has 2 heterocycles. The van der Waals surface area contributed by atoms with E-state index in [1.165, 1.54) is 24.8 Å². The van der Waals surface area contributed by atoms with Crippen molar-refractivity contribution in [1.29, 1.82) is 0 Å². The number of fused-ring (bicyclic) bond motifs is 3. The van der Waals surface area contributed by atoms with Crippen LogP contribution in [-0.2, 0) is 13.5 Å². The van der Waals surface area contributed by atoms with Crippen molar-refractivity contribution >= 4 is 27.6 Å². The van der Waals surface area contributed by atoms with Crippen LogP contribution in [0, 0.1) is 5.41 Å². The van der Waals surface area contributed by atoms with Gasteiger partial charge in [-0.1, -0.05) is 33.3 Å². The lowest BCUT2D eigenvalue weighted by Crippen LogP contribution is -2.04. The van der Waals surface area contributed by atoms with Crippen molar-refractivity contribution in [1.82, 2.24) is 14.8 Å². The largest absolute Gasteiger partial charge is 0.383 e. The van der Waals surface area contributed by atoms with Crippen molar-refractivity contribution in [2.45, 2.75) is 46.5 Å². The number of aromatic nitrogens is 3. The number of hydrogen-bond donors (Lipinski definition) is 1. The summed E-state index contributed by atoms with van der Waals surface area (Å²) in [5.74, 6) is 0.554. The molecule has 0 aliphatic carbocycles. The Labute approximate surface area is 137 Å². The highest BCUT2D eigenvalue weighted by Crippen LogP contribution is 2.28. The summed E-state index contributed by atoms with van der Waals surface area (Å²) in [5.41, 5.74) is 9.70. The Kier molecular flexibility index (Phi) is 4.00. The predicted molar refractivity (Wildman–Crippen MR) is 97.4 cm³/mol. The van der Waals surface area contributed by atoms with E-state index in [-0.39, 0.29) is 0 Å². The molecule has 0 fully saturated rings. The smallest absolute Gasteiger partial charge is 0.135 e. The minimum Gasteiger partial charge on any atom is -0.383 e. The van der Waals surface area contributed by atoms with Crippen LogP contribution in [0.15, 0.2) is 24.4 Å². The lowest BCUT2D eigenvalue weighted by molar-refractivity contribution is 0.360. The zero-order chi connectivity index (χ0) is 16.6. The van der Waals surface area contributed by atoms with Gasteiger partial charge in [0.25, 0.3) is 0 Å². The molecule has 0 atom stereocenters. The highest BCUT2D eigenvalue weighted by Gasteiger charge is 2.11.